The molecule has 0 radical (unpaired) electrons. The fraction of sp³-hybridized carbons (Fsp3) is 0.500. The molecule has 0 aliphatic carbocycles. The molecule has 1 rings (SSSR count). The van der Waals surface area contributed by atoms with Crippen molar-refractivity contribution in [2.24, 2.45) is 0 Å². The molecule has 1 heterocycles. The zero-order valence-electron chi connectivity index (χ0n) is 9.57. The zero-order chi connectivity index (χ0) is 13.6. The molecule has 18 heavy (non-hydrogen) atoms. The summed E-state index contributed by atoms with van der Waals surface area (Å²) in [5, 5.41) is 21.6. The topological polar surface area (TPSA) is 104 Å². The van der Waals surface area contributed by atoms with E-state index in [1.54, 1.807) is 16.8 Å². The second-order valence-electron chi connectivity index (χ2n) is 3.74. The third-order valence-corrected chi connectivity index (χ3v) is 4.36. The first-order chi connectivity index (χ1) is 8.41. The third-order valence-electron chi connectivity index (χ3n) is 2.23. The summed E-state index contributed by atoms with van der Waals surface area (Å²) in [5.74, 6) is -1.28. The molecule has 102 valence electrons. The molecule has 0 saturated heterocycles. The van der Waals surface area contributed by atoms with E-state index in [0.29, 0.717) is 5.56 Å². The minimum atomic E-state index is -3.53. The van der Waals surface area contributed by atoms with Crippen LogP contribution in [-0.2, 0) is 14.8 Å². The first-order valence-corrected chi connectivity index (χ1v) is 7.89. The Bertz CT molecular complexity index is 468. The summed E-state index contributed by atoms with van der Waals surface area (Å²) in [5.41, 5.74) is 0.660. The van der Waals surface area contributed by atoms with Crippen LogP contribution >= 0.6 is 11.3 Å². The maximum Gasteiger partial charge on any atom is 0.303 e. The number of hydrogen-bond acceptors (Lipinski definition) is 5. The molecule has 0 aliphatic rings. The molecular formula is C10H15NO5S2. The lowest BCUT2D eigenvalue weighted by atomic mass is 10.2. The highest BCUT2D eigenvalue weighted by molar-refractivity contribution is 7.89. The molecule has 1 aromatic rings. The smallest absolute Gasteiger partial charge is 0.303 e. The number of aliphatic hydroxyl groups is 1. The van der Waals surface area contributed by atoms with Crippen LogP contribution in [0.3, 0.4) is 0 Å². The van der Waals surface area contributed by atoms with Crippen LogP contribution in [0.1, 0.15) is 24.5 Å². The normalized spacial score (nSPS) is 13.4. The van der Waals surface area contributed by atoms with E-state index in [0.717, 1.165) is 0 Å². The van der Waals surface area contributed by atoms with Gasteiger partial charge in [-0.1, -0.05) is 0 Å². The largest absolute Gasteiger partial charge is 0.481 e. The summed E-state index contributed by atoms with van der Waals surface area (Å²) in [6.07, 6.45) is -1.02. The Kier molecular flexibility index (Phi) is 5.73. The van der Waals surface area contributed by atoms with Crippen molar-refractivity contribution in [3.63, 3.8) is 0 Å². The van der Waals surface area contributed by atoms with Crippen molar-refractivity contribution in [2.45, 2.75) is 18.9 Å². The number of carboxylic acid groups (broad SMARTS) is 1. The fourth-order valence-corrected chi connectivity index (χ4v) is 3.06. The van der Waals surface area contributed by atoms with Gasteiger partial charge in [-0.3, -0.25) is 4.79 Å². The molecule has 8 heteroatoms. The van der Waals surface area contributed by atoms with E-state index in [2.05, 4.69) is 4.72 Å². The number of hydrogen-bond donors (Lipinski definition) is 3. The zero-order valence-corrected chi connectivity index (χ0v) is 11.2. The Morgan fingerprint density at radius 1 is 1.50 bits per heavy atom. The van der Waals surface area contributed by atoms with Gasteiger partial charge in [0.15, 0.2) is 0 Å². The van der Waals surface area contributed by atoms with Crippen LogP contribution in [0, 0.1) is 0 Å². The van der Waals surface area contributed by atoms with Crippen molar-refractivity contribution in [3.05, 3.63) is 22.4 Å². The Hall–Kier alpha value is -0.960. The number of nitrogens with one attached hydrogen (secondary N) is 1. The Morgan fingerprint density at radius 3 is 2.78 bits per heavy atom. The minimum absolute atomic E-state index is 0.0548. The molecular weight excluding hydrogens is 278 g/mol. The number of sulfonamides is 1. The Labute approximate surface area is 109 Å². The molecule has 0 saturated carbocycles. The number of rotatable bonds is 8. The van der Waals surface area contributed by atoms with Crippen LogP contribution in [-0.4, -0.2) is 36.9 Å². The van der Waals surface area contributed by atoms with Crippen molar-refractivity contribution >= 4 is 27.3 Å². The van der Waals surface area contributed by atoms with Gasteiger partial charge in [-0.15, -0.1) is 0 Å². The maximum absolute atomic E-state index is 11.5. The molecule has 0 amide bonds. The molecule has 6 nitrogen and oxygen atoms in total. The first-order valence-electron chi connectivity index (χ1n) is 5.30. The van der Waals surface area contributed by atoms with E-state index >= 15 is 0 Å². The molecule has 1 unspecified atom stereocenters. The lowest BCUT2D eigenvalue weighted by molar-refractivity contribution is -0.137. The maximum atomic E-state index is 11.5. The molecule has 1 aromatic heterocycles. The fourth-order valence-electron chi connectivity index (χ4n) is 1.27. The second-order valence-corrected chi connectivity index (χ2v) is 6.44. The van der Waals surface area contributed by atoms with Crippen molar-refractivity contribution in [1.82, 2.24) is 4.72 Å². The van der Waals surface area contributed by atoms with Crippen LogP contribution in [0.4, 0.5) is 0 Å². The van der Waals surface area contributed by atoms with E-state index in [1.165, 1.54) is 11.3 Å². The van der Waals surface area contributed by atoms with Gasteiger partial charge in [0.05, 0.1) is 11.9 Å². The van der Waals surface area contributed by atoms with Gasteiger partial charge in [0.1, 0.15) is 0 Å². The summed E-state index contributed by atoms with van der Waals surface area (Å²) < 4.78 is 25.2. The highest BCUT2D eigenvalue weighted by atomic mass is 32.2. The van der Waals surface area contributed by atoms with Crippen LogP contribution in [0.5, 0.6) is 0 Å². The van der Waals surface area contributed by atoms with E-state index in [4.69, 9.17) is 5.11 Å². The van der Waals surface area contributed by atoms with Crippen molar-refractivity contribution < 1.29 is 23.4 Å². The van der Waals surface area contributed by atoms with Crippen LogP contribution in [0.2, 0.25) is 0 Å². The predicted molar refractivity (Wildman–Crippen MR) is 67.9 cm³/mol. The minimum Gasteiger partial charge on any atom is -0.481 e. The van der Waals surface area contributed by atoms with Gasteiger partial charge in [-0.25, -0.2) is 13.1 Å². The summed E-state index contributed by atoms with van der Waals surface area (Å²) in [7, 11) is -3.53. The third kappa shape index (κ3) is 5.58. The number of thiophene rings is 1. The van der Waals surface area contributed by atoms with Gasteiger partial charge in [0, 0.05) is 13.0 Å². The van der Waals surface area contributed by atoms with Crippen LogP contribution in [0.15, 0.2) is 16.8 Å². The molecule has 0 aromatic carbocycles. The number of aliphatic carboxylic acids is 1. The van der Waals surface area contributed by atoms with Gasteiger partial charge in [-0.05, 0) is 28.8 Å². The molecule has 1 atom stereocenters. The number of carbonyl (C=O) groups is 1. The predicted octanol–water partition coefficient (Wildman–Crippen LogP) is 0.566. The van der Waals surface area contributed by atoms with Crippen molar-refractivity contribution in [3.8, 4) is 0 Å². The SMILES string of the molecule is O=C(O)CCCS(=O)(=O)NCC(O)c1ccsc1. The summed E-state index contributed by atoms with van der Waals surface area (Å²) in [4.78, 5) is 10.3. The first kappa shape index (κ1) is 15.1. The average Bonchev–Trinajstić information content (AvgIpc) is 2.78. The summed E-state index contributed by atoms with van der Waals surface area (Å²) >= 11 is 1.42. The van der Waals surface area contributed by atoms with Gasteiger partial charge in [0.25, 0.3) is 0 Å². The van der Waals surface area contributed by atoms with Gasteiger partial charge in [-0.2, -0.15) is 11.3 Å². The van der Waals surface area contributed by atoms with Crippen LogP contribution < -0.4 is 4.72 Å². The number of aliphatic hydroxyl groups excluding tert-OH is 1. The molecule has 0 bridgehead atoms. The van der Waals surface area contributed by atoms with E-state index in [9.17, 15) is 18.3 Å². The molecule has 0 aliphatic heterocycles. The Morgan fingerprint density at radius 2 is 2.22 bits per heavy atom. The van der Waals surface area contributed by atoms with Gasteiger partial charge in [0.2, 0.25) is 10.0 Å². The standard InChI is InChI=1S/C10H15NO5S2/c12-9(8-3-4-17-7-8)6-11-18(15,16)5-1-2-10(13)14/h3-4,7,9,11-12H,1-2,5-6H2,(H,13,14). The summed E-state index contributed by atoms with van der Waals surface area (Å²) in [6, 6.07) is 1.72. The monoisotopic (exact) mass is 293 g/mol. The van der Waals surface area contributed by atoms with E-state index in [1.807, 2.05) is 0 Å². The lowest BCUT2D eigenvalue weighted by Gasteiger charge is -2.10. The van der Waals surface area contributed by atoms with Crippen LogP contribution in [0.25, 0.3) is 0 Å². The Balaban J connectivity index is 2.35. The lowest BCUT2D eigenvalue weighted by Crippen LogP contribution is -2.30. The second kappa shape index (κ2) is 6.83. The molecule has 0 fully saturated rings. The summed E-state index contributed by atoms with van der Waals surface area (Å²) in [6.45, 7) is -0.105. The quantitative estimate of drug-likeness (QED) is 0.650. The molecule has 3 N–H and O–H groups in total. The number of carboxylic acids is 1. The van der Waals surface area contributed by atoms with Gasteiger partial charge < -0.3 is 10.2 Å². The van der Waals surface area contributed by atoms with Gasteiger partial charge >= 0.3 is 5.97 Å². The van der Waals surface area contributed by atoms with E-state index in [-0.39, 0.29) is 25.1 Å². The average molecular weight is 293 g/mol. The molecule has 0 spiro atoms. The van der Waals surface area contributed by atoms with E-state index < -0.39 is 22.1 Å². The van der Waals surface area contributed by atoms with Crippen molar-refractivity contribution in [2.75, 3.05) is 12.3 Å². The highest BCUT2D eigenvalue weighted by Gasteiger charge is 2.14. The highest BCUT2D eigenvalue weighted by Crippen LogP contribution is 2.15. The van der Waals surface area contributed by atoms with Crippen molar-refractivity contribution in [1.29, 1.82) is 0 Å².